The second-order valence-corrected chi connectivity index (χ2v) is 10.6. The number of anilines is 1. The number of rotatable bonds is 6. The Morgan fingerprint density at radius 3 is 2.62 bits per heavy atom. The van der Waals surface area contributed by atoms with Gasteiger partial charge in [-0.25, -0.2) is 15.0 Å². The molecule has 9 heteroatoms. The van der Waals surface area contributed by atoms with Gasteiger partial charge in [-0.1, -0.05) is 0 Å². The maximum absolute atomic E-state index is 13.0. The molecule has 0 aliphatic heterocycles. The maximum Gasteiger partial charge on any atom is 0.262 e. The number of carbonyl (C=O) groups excluding carboxylic acids is 1. The molecule has 3 heterocycles. The van der Waals surface area contributed by atoms with Crippen LogP contribution in [0.3, 0.4) is 0 Å². The fraction of sp³-hybridized carbons (Fsp3) is 0.320. The number of aromatic nitrogens is 4. The predicted octanol–water partition coefficient (Wildman–Crippen LogP) is 4.92. The van der Waals surface area contributed by atoms with Crippen molar-refractivity contribution in [1.29, 1.82) is 0 Å². The molecule has 7 nitrogen and oxygen atoms in total. The van der Waals surface area contributed by atoms with Crippen molar-refractivity contribution in [2.75, 3.05) is 5.32 Å². The minimum absolute atomic E-state index is 0.0350. The van der Waals surface area contributed by atoms with Crippen molar-refractivity contribution in [2.24, 2.45) is 0 Å². The van der Waals surface area contributed by atoms with Gasteiger partial charge in [0, 0.05) is 39.8 Å². The lowest BCUT2D eigenvalue weighted by atomic mass is 9.97. The summed E-state index contributed by atoms with van der Waals surface area (Å²) in [6.07, 6.45) is 6.04. The van der Waals surface area contributed by atoms with Gasteiger partial charge in [-0.05, 0) is 87.2 Å². The molecule has 174 valence electrons. The summed E-state index contributed by atoms with van der Waals surface area (Å²) in [5, 5.41) is 4.37. The van der Waals surface area contributed by atoms with Gasteiger partial charge < -0.3 is 5.32 Å². The molecular weight excluding hydrogens is 466 g/mol. The summed E-state index contributed by atoms with van der Waals surface area (Å²) in [6, 6.07) is 9.53. The number of carbonyl (C=O) groups is 1. The van der Waals surface area contributed by atoms with Crippen molar-refractivity contribution >= 4 is 44.9 Å². The Hall–Kier alpha value is -3.04. The van der Waals surface area contributed by atoms with E-state index in [2.05, 4.69) is 20.3 Å². The summed E-state index contributed by atoms with van der Waals surface area (Å²) in [5.74, 6) is -0.141. The third-order valence-electron chi connectivity index (χ3n) is 5.83. The molecule has 1 aromatic carbocycles. The van der Waals surface area contributed by atoms with E-state index in [4.69, 9.17) is 0 Å². The lowest BCUT2D eigenvalue weighted by Gasteiger charge is -2.10. The molecule has 1 aliphatic rings. The van der Waals surface area contributed by atoms with Crippen LogP contribution < -0.4 is 10.9 Å². The van der Waals surface area contributed by atoms with Gasteiger partial charge >= 0.3 is 0 Å². The Balaban J connectivity index is 1.21. The molecule has 1 aliphatic carbocycles. The number of hydrogen-bond donors (Lipinski definition) is 1. The number of benzene rings is 1. The average Bonchev–Trinajstić information content (AvgIpc) is 3.19. The van der Waals surface area contributed by atoms with E-state index in [1.54, 1.807) is 22.2 Å². The van der Waals surface area contributed by atoms with Crippen LogP contribution in [-0.2, 0) is 24.2 Å². The number of aryl methyl sites for hydroxylation is 5. The van der Waals surface area contributed by atoms with Crippen LogP contribution >= 0.6 is 23.1 Å². The summed E-state index contributed by atoms with van der Waals surface area (Å²) >= 11 is 3.12. The summed E-state index contributed by atoms with van der Waals surface area (Å²) in [5.41, 5.74) is 3.72. The summed E-state index contributed by atoms with van der Waals surface area (Å²) < 4.78 is 1.56. The van der Waals surface area contributed by atoms with Crippen molar-refractivity contribution in [2.45, 2.75) is 62.5 Å². The first-order valence-electron chi connectivity index (χ1n) is 11.4. The number of thiophene rings is 1. The van der Waals surface area contributed by atoms with Gasteiger partial charge in [0.15, 0.2) is 5.16 Å². The SMILES string of the molecule is Cc1cc(C)nc(Sc2ccc(NC(=O)CCn3cnc4sc5c(c4c3=O)CCCC5)cc2)n1. The number of fused-ring (bicyclic) bond motifs is 3. The average molecular weight is 492 g/mol. The second-order valence-electron chi connectivity index (χ2n) is 8.49. The first-order chi connectivity index (χ1) is 16.5. The predicted molar refractivity (Wildman–Crippen MR) is 136 cm³/mol. The van der Waals surface area contributed by atoms with Crippen molar-refractivity contribution < 1.29 is 4.79 Å². The zero-order chi connectivity index (χ0) is 23.7. The molecule has 1 N–H and O–H groups in total. The standard InChI is InChI=1S/C25H25N5O2S2/c1-15-13-16(2)28-25(27-15)33-18-9-7-17(8-10-18)29-21(31)11-12-30-14-26-23-22(24(30)32)19-5-3-4-6-20(19)34-23/h7-10,13-14H,3-6,11-12H2,1-2H3,(H,29,31). The molecule has 0 saturated heterocycles. The fourth-order valence-corrected chi connectivity index (χ4v) is 6.32. The lowest BCUT2D eigenvalue weighted by molar-refractivity contribution is -0.116. The van der Waals surface area contributed by atoms with Crippen molar-refractivity contribution in [3.05, 3.63) is 68.8 Å². The smallest absolute Gasteiger partial charge is 0.262 e. The van der Waals surface area contributed by atoms with Crippen LogP contribution in [0.15, 0.2) is 51.5 Å². The first kappa shape index (κ1) is 22.7. The third kappa shape index (κ3) is 4.90. The molecule has 0 unspecified atom stereocenters. The molecule has 0 radical (unpaired) electrons. The summed E-state index contributed by atoms with van der Waals surface area (Å²) in [7, 11) is 0. The Labute approximate surface area is 205 Å². The van der Waals surface area contributed by atoms with Gasteiger partial charge in [-0.2, -0.15) is 0 Å². The second kappa shape index (κ2) is 9.68. The van der Waals surface area contributed by atoms with Crippen LogP contribution in [0, 0.1) is 13.8 Å². The number of amides is 1. The lowest BCUT2D eigenvalue weighted by Crippen LogP contribution is -2.24. The van der Waals surface area contributed by atoms with Crippen LogP contribution in [0.5, 0.6) is 0 Å². The highest BCUT2D eigenvalue weighted by molar-refractivity contribution is 7.99. The Morgan fingerprint density at radius 1 is 1.12 bits per heavy atom. The zero-order valence-electron chi connectivity index (χ0n) is 19.1. The van der Waals surface area contributed by atoms with Crippen molar-refractivity contribution in [1.82, 2.24) is 19.5 Å². The van der Waals surface area contributed by atoms with Gasteiger partial charge in [0.25, 0.3) is 5.56 Å². The first-order valence-corrected chi connectivity index (χ1v) is 13.0. The molecule has 0 saturated carbocycles. The van der Waals surface area contributed by atoms with E-state index in [1.807, 2.05) is 44.2 Å². The largest absolute Gasteiger partial charge is 0.326 e. The topological polar surface area (TPSA) is 89.8 Å². The molecule has 3 aromatic heterocycles. The van der Waals surface area contributed by atoms with E-state index in [0.717, 1.165) is 45.8 Å². The third-order valence-corrected chi connectivity index (χ3v) is 7.90. The molecular formula is C25H25N5O2S2. The van der Waals surface area contributed by atoms with Crippen LogP contribution in [0.4, 0.5) is 5.69 Å². The van der Waals surface area contributed by atoms with E-state index in [-0.39, 0.29) is 17.9 Å². The highest BCUT2D eigenvalue weighted by atomic mass is 32.2. The van der Waals surface area contributed by atoms with Crippen LogP contribution in [0.25, 0.3) is 10.2 Å². The van der Waals surface area contributed by atoms with E-state index < -0.39 is 0 Å². The fourth-order valence-electron chi connectivity index (χ4n) is 4.24. The monoisotopic (exact) mass is 491 g/mol. The van der Waals surface area contributed by atoms with Gasteiger partial charge in [0.1, 0.15) is 4.83 Å². The van der Waals surface area contributed by atoms with Gasteiger partial charge in [0.05, 0.1) is 11.7 Å². The van der Waals surface area contributed by atoms with E-state index in [9.17, 15) is 9.59 Å². The summed E-state index contributed by atoms with van der Waals surface area (Å²) in [6.45, 7) is 4.21. The van der Waals surface area contributed by atoms with E-state index in [1.165, 1.54) is 28.6 Å². The van der Waals surface area contributed by atoms with Crippen LogP contribution in [0.1, 0.15) is 41.1 Å². The minimum atomic E-state index is -0.141. The highest BCUT2D eigenvalue weighted by Crippen LogP contribution is 2.33. The van der Waals surface area contributed by atoms with Crippen LogP contribution in [0.2, 0.25) is 0 Å². The molecule has 0 bridgehead atoms. The number of hydrogen-bond acceptors (Lipinski definition) is 7. The molecule has 4 aromatic rings. The Bertz CT molecular complexity index is 1410. The molecule has 0 spiro atoms. The molecule has 0 atom stereocenters. The number of nitrogens with zero attached hydrogens (tertiary/aromatic N) is 4. The Kier molecular flexibility index (Phi) is 6.47. The molecule has 1 amide bonds. The van der Waals surface area contributed by atoms with E-state index >= 15 is 0 Å². The maximum atomic E-state index is 13.0. The quantitative estimate of drug-likeness (QED) is 0.385. The van der Waals surface area contributed by atoms with Gasteiger partial charge in [-0.3, -0.25) is 14.2 Å². The molecule has 34 heavy (non-hydrogen) atoms. The van der Waals surface area contributed by atoms with Crippen LogP contribution in [-0.4, -0.2) is 25.4 Å². The highest BCUT2D eigenvalue weighted by Gasteiger charge is 2.20. The van der Waals surface area contributed by atoms with Crippen molar-refractivity contribution in [3.63, 3.8) is 0 Å². The zero-order valence-corrected chi connectivity index (χ0v) is 20.8. The van der Waals surface area contributed by atoms with Crippen molar-refractivity contribution in [3.8, 4) is 0 Å². The molecule has 5 rings (SSSR count). The Morgan fingerprint density at radius 2 is 1.85 bits per heavy atom. The molecule has 0 fully saturated rings. The minimum Gasteiger partial charge on any atom is -0.326 e. The van der Waals surface area contributed by atoms with Gasteiger partial charge in [0.2, 0.25) is 5.91 Å². The summed E-state index contributed by atoms with van der Waals surface area (Å²) in [4.78, 5) is 42.1. The number of nitrogens with one attached hydrogen (secondary N) is 1. The normalized spacial score (nSPS) is 13.1. The van der Waals surface area contributed by atoms with E-state index in [0.29, 0.717) is 17.4 Å². The van der Waals surface area contributed by atoms with Gasteiger partial charge in [-0.15, -0.1) is 11.3 Å².